The Morgan fingerprint density at radius 3 is 2.18 bits per heavy atom. The Labute approximate surface area is 103 Å². The molecule has 0 spiro atoms. The third kappa shape index (κ3) is 6.11. The summed E-state index contributed by atoms with van der Waals surface area (Å²) in [7, 11) is -1.62. The van der Waals surface area contributed by atoms with Crippen molar-refractivity contribution in [1.29, 1.82) is 5.26 Å². The van der Waals surface area contributed by atoms with Gasteiger partial charge in [-0.15, -0.1) is 0 Å². The Hall–Kier alpha value is -0.503. The van der Waals surface area contributed by atoms with Crippen molar-refractivity contribution in [2.45, 2.75) is 12.5 Å². The average Bonchev–Trinajstić information content (AvgIpc) is 2.30. The quantitative estimate of drug-likeness (QED) is 0.460. The van der Waals surface area contributed by atoms with Crippen LogP contribution in [0.1, 0.15) is 6.42 Å². The van der Waals surface area contributed by atoms with E-state index in [0.717, 1.165) is 0 Å². The maximum Gasteiger partial charge on any atom is 0.500 e. The maximum absolute atomic E-state index is 11.1. The molecule has 0 radical (unpaired) electrons. The smallest absolute Gasteiger partial charge is 0.377 e. The van der Waals surface area contributed by atoms with Crippen LogP contribution in [0.25, 0.3) is 0 Å². The van der Waals surface area contributed by atoms with Crippen LogP contribution < -0.4 is 4.72 Å². The molecule has 0 bridgehead atoms. The lowest BCUT2D eigenvalue weighted by molar-refractivity contribution is 0.123. The van der Waals surface area contributed by atoms with Gasteiger partial charge in [-0.05, 0) is 6.42 Å². The van der Waals surface area contributed by atoms with Gasteiger partial charge in [-0.2, -0.15) is 5.26 Å². The number of rotatable bonds is 9. The van der Waals surface area contributed by atoms with Crippen molar-refractivity contribution in [1.82, 2.24) is 4.72 Å². The number of nitrogens with one attached hydrogen (secondary N) is 1. The van der Waals surface area contributed by atoms with Crippen LogP contribution in [0.5, 0.6) is 0 Å². The topological polar surface area (TPSA) is 97.7 Å². The number of nitrogens with zero attached hydrogens (tertiary/aromatic N) is 1. The lowest BCUT2D eigenvalue weighted by Crippen LogP contribution is -2.43. The van der Waals surface area contributed by atoms with Gasteiger partial charge in [0.2, 0.25) is 10.0 Å². The van der Waals surface area contributed by atoms with Gasteiger partial charge in [0, 0.05) is 33.9 Å². The van der Waals surface area contributed by atoms with Crippen molar-refractivity contribution in [2.24, 2.45) is 0 Å². The molecule has 0 unspecified atom stereocenters. The van der Waals surface area contributed by atoms with E-state index in [9.17, 15) is 8.42 Å². The normalized spacial score (nSPS) is 12.4. The Bertz CT molecular complexity index is 341. The van der Waals surface area contributed by atoms with Crippen LogP contribution in [0.2, 0.25) is 6.04 Å². The maximum atomic E-state index is 11.1. The summed E-state index contributed by atoms with van der Waals surface area (Å²) in [6.45, 7) is 0.231. The molecule has 0 aliphatic rings. The highest BCUT2D eigenvalue weighted by Gasteiger charge is 2.36. The van der Waals surface area contributed by atoms with Crippen LogP contribution in [0, 0.1) is 11.3 Å². The molecule has 7 nitrogen and oxygen atoms in total. The fourth-order valence-electron chi connectivity index (χ4n) is 1.22. The van der Waals surface area contributed by atoms with E-state index in [2.05, 4.69) is 4.72 Å². The molecule has 0 rings (SSSR count). The summed E-state index contributed by atoms with van der Waals surface area (Å²) >= 11 is 0. The van der Waals surface area contributed by atoms with E-state index in [-0.39, 0.29) is 6.54 Å². The predicted molar refractivity (Wildman–Crippen MR) is 63.6 cm³/mol. The summed E-state index contributed by atoms with van der Waals surface area (Å²) < 4.78 is 40.1. The second kappa shape index (κ2) is 7.75. The lowest BCUT2D eigenvalue weighted by Gasteiger charge is -2.24. The predicted octanol–water partition coefficient (Wildman–Crippen LogP) is -0.302. The fraction of sp³-hybridized carbons (Fsp3) is 0.875. The van der Waals surface area contributed by atoms with Gasteiger partial charge in [-0.1, -0.05) is 0 Å². The van der Waals surface area contributed by atoms with Crippen molar-refractivity contribution < 1.29 is 21.7 Å². The first kappa shape index (κ1) is 16.5. The number of nitriles is 1. The van der Waals surface area contributed by atoms with Crippen molar-refractivity contribution in [3.05, 3.63) is 0 Å². The summed E-state index contributed by atoms with van der Waals surface area (Å²) in [5.74, 6) is -0.533. The first-order chi connectivity index (χ1) is 7.95. The first-order valence-corrected chi connectivity index (χ1v) is 8.53. The standard InChI is InChI=1S/C8H18N2O5SSi/c1-13-17(14-2,15-3)8-4-6-10-16(11,12)7-5-9/h10H,4,6-8H2,1-3H3. The Morgan fingerprint density at radius 1 is 1.24 bits per heavy atom. The average molecular weight is 282 g/mol. The fourth-order valence-corrected chi connectivity index (χ4v) is 3.67. The molecule has 0 heterocycles. The van der Waals surface area contributed by atoms with Gasteiger partial charge >= 0.3 is 8.80 Å². The van der Waals surface area contributed by atoms with Crippen LogP contribution in [-0.2, 0) is 23.3 Å². The van der Waals surface area contributed by atoms with E-state index in [1.165, 1.54) is 21.3 Å². The summed E-state index contributed by atoms with van der Waals surface area (Å²) in [6.07, 6.45) is 0.520. The highest BCUT2D eigenvalue weighted by atomic mass is 32.2. The number of hydrogen-bond donors (Lipinski definition) is 1. The van der Waals surface area contributed by atoms with Crippen molar-refractivity contribution in [2.75, 3.05) is 33.6 Å². The van der Waals surface area contributed by atoms with Crippen LogP contribution in [0.15, 0.2) is 0 Å². The molecular weight excluding hydrogens is 264 g/mol. The summed E-state index contributed by atoms with van der Waals surface area (Å²) in [6, 6.07) is 2.09. The molecule has 0 aromatic heterocycles. The molecule has 0 atom stereocenters. The van der Waals surface area contributed by atoms with Crippen molar-refractivity contribution >= 4 is 18.8 Å². The largest absolute Gasteiger partial charge is 0.500 e. The number of sulfonamides is 1. The molecule has 0 aliphatic carbocycles. The van der Waals surface area contributed by atoms with Gasteiger partial charge in [0.15, 0.2) is 5.75 Å². The first-order valence-electron chi connectivity index (χ1n) is 4.95. The van der Waals surface area contributed by atoms with Crippen LogP contribution in [-0.4, -0.2) is 50.8 Å². The SMILES string of the molecule is CO[Si](CCCNS(=O)(=O)CC#N)(OC)OC. The van der Waals surface area contributed by atoms with Crippen LogP contribution in [0.3, 0.4) is 0 Å². The Balaban J connectivity index is 4.04. The molecule has 1 N–H and O–H groups in total. The molecule has 0 fully saturated rings. The molecule has 0 aromatic rings. The second-order valence-corrected chi connectivity index (χ2v) is 8.11. The lowest BCUT2D eigenvalue weighted by atomic mass is 10.5. The highest BCUT2D eigenvalue weighted by Crippen LogP contribution is 2.14. The highest BCUT2D eigenvalue weighted by molar-refractivity contribution is 7.89. The third-order valence-corrected chi connectivity index (χ3v) is 6.15. The van der Waals surface area contributed by atoms with E-state index < -0.39 is 24.6 Å². The van der Waals surface area contributed by atoms with Gasteiger partial charge in [0.25, 0.3) is 0 Å². The van der Waals surface area contributed by atoms with Gasteiger partial charge < -0.3 is 13.3 Å². The van der Waals surface area contributed by atoms with Gasteiger partial charge in [0.1, 0.15) is 0 Å². The van der Waals surface area contributed by atoms with Crippen molar-refractivity contribution in [3.63, 3.8) is 0 Å². The van der Waals surface area contributed by atoms with Crippen molar-refractivity contribution in [3.8, 4) is 6.07 Å². The molecule has 17 heavy (non-hydrogen) atoms. The zero-order valence-corrected chi connectivity index (χ0v) is 12.0. The van der Waals surface area contributed by atoms with E-state index in [1.54, 1.807) is 6.07 Å². The third-order valence-electron chi connectivity index (χ3n) is 2.17. The van der Waals surface area contributed by atoms with E-state index in [4.69, 9.17) is 18.5 Å². The minimum atomic E-state index is -3.49. The van der Waals surface area contributed by atoms with E-state index in [0.29, 0.717) is 12.5 Å². The van der Waals surface area contributed by atoms with Gasteiger partial charge in [0.05, 0.1) is 6.07 Å². The Kier molecular flexibility index (Phi) is 7.52. The minimum Gasteiger partial charge on any atom is -0.377 e. The molecule has 100 valence electrons. The van der Waals surface area contributed by atoms with Gasteiger partial charge in [-0.3, -0.25) is 0 Å². The van der Waals surface area contributed by atoms with Crippen LogP contribution >= 0.6 is 0 Å². The molecule has 0 amide bonds. The van der Waals surface area contributed by atoms with Gasteiger partial charge in [-0.25, -0.2) is 13.1 Å². The second-order valence-electron chi connectivity index (χ2n) is 3.21. The minimum absolute atomic E-state index is 0.231. The summed E-state index contributed by atoms with van der Waals surface area (Å²) in [5, 5.41) is 8.28. The van der Waals surface area contributed by atoms with E-state index in [1.807, 2.05) is 0 Å². The summed E-state index contributed by atoms with van der Waals surface area (Å²) in [5.41, 5.74) is 0. The zero-order chi connectivity index (χ0) is 13.4. The molecule has 0 aliphatic heterocycles. The summed E-state index contributed by atoms with van der Waals surface area (Å²) in [4.78, 5) is 0. The molecule has 0 saturated carbocycles. The number of hydrogen-bond acceptors (Lipinski definition) is 6. The molecular formula is C8H18N2O5SSi. The Morgan fingerprint density at radius 2 is 1.76 bits per heavy atom. The van der Waals surface area contributed by atoms with E-state index >= 15 is 0 Å². The zero-order valence-electron chi connectivity index (χ0n) is 10.2. The monoisotopic (exact) mass is 282 g/mol. The molecule has 9 heteroatoms. The molecule has 0 saturated heterocycles. The molecule has 0 aromatic carbocycles. The van der Waals surface area contributed by atoms with Crippen LogP contribution in [0.4, 0.5) is 0 Å².